The van der Waals surface area contributed by atoms with E-state index in [0.717, 1.165) is 12.5 Å². The van der Waals surface area contributed by atoms with Crippen LogP contribution in [0.15, 0.2) is 6.20 Å². The number of hydrogen-bond donors (Lipinski definition) is 1. The van der Waals surface area contributed by atoms with Gasteiger partial charge in [0.15, 0.2) is 0 Å². The van der Waals surface area contributed by atoms with Crippen molar-refractivity contribution in [2.75, 3.05) is 26.2 Å². The molecule has 0 amide bonds. The molecule has 2 heterocycles. The molecule has 0 radical (unpaired) electrons. The first-order valence-corrected chi connectivity index (χ1v) is 7.61. The smallest absolute Gasteiger partial charge is 0.0537 e. The van der Waals surface area contributed by atoms with Crippen molar-refractivity contribution in [1.82, 2.24) is 20.0 Å². The summed E-state index contributed by atoms with van der Waals surface area (Å²) in [5.74, 6) is 0.866. The van der Waals surface area contributed by atoms with Crippen molar-refractivity contribution in [1.29, 1.82) is 0 Å². The monoisotopic (exact) mass is 264 g/mol. The zero-order valence-corrected chi connectivity index (χ0v) is 12.7. The summed E-state index contributed by atoms with van der Waals surface area (Å²) in [5.41, 5.74) is 2.68. The summed E-state index contributed by atoms with van der Waals surface area (Å²) in [6.45, 7) is 10.3. The van der Waals surface area contributed by atoms with Crippen molar-refractivity contribution in [2.24, 2.45) is 13.0 Å². The van der Waals surface area contributed by atoms with Gasteiger partial charge in [-0.2, -0.15) is 5.10 Å². The van der Waals surface area contributed by atoms with Crippen LogP contribution in [0.4, 0.5) is 0 Å². The molecule has 0 aromatic carbocycles. The molecule has 0 bridgehead atoms. The summed E-state index contributed by atoms with van der Waals surface area (Å²) in [7, 11) is 2.02. The maximum absolute atomic E-state index is 4.36. The van der Waals surface area contributed by atoms with Gasteiger partial charge < -0.3 is 5.32 Å². The van der Waals surface area contributed by atoms with Gasteiger partial charge in [-0.15, -0.1) is 0 Å². The summed E-state index contributed by atoms with van der Waals surface area (Å²) < 4.78 is 1.98. The molecule has 4 nitrogen and oxygen atoms in total. The van der Waals surface area contributed by atoms with Crippen LogP contribution in [0, 0.1) is 12.8 Å². The molecular weight excluding hydrogens is 236 g/mol. The van der Waals surface area contributed by atoms with Crippen LogP contribution in [0.25, 0.3) is 0 Å². The van der Waals surface area contributed by atoms with E-state index in [0.29, 0.717) is 0 Å². The van der Waals surface area contributed by atoms with E-state index < -0.39 is 0 Å². The molecule has 4 heteroatoms. The first kappa shape index (κ1) is 14.5. The third kappa shape index (κ3) is 4.05. The Hall–Kier alpha value is -0.870. The van der Waals surface area contributed by atoms with Crippen LogP contribution < -0.4 is 5.32 Å². The summed E-state index contributed by atoms with van der Waals surface area (Å²) in [6, 6.07) is 0. The molecule has 1 aliphatic rings. The van der Waals surface area contributed by atoms with Crippen LogP contribution in [-0.2, 0) is 13.6 Å². The minimum Gasteiger partial charge on any atom is -0.317 e. The summed E-state index contributed by atoms with van der Waals surface area (Å²) in [4.78, 5) is 2.61. The molecule has 1 aromatic rings. The van der Waals surface area contributed by atoms with Gasteiger partial charge in [0.05, 0.1) is 6.20 Å². The number of aryl methyl sites for hydroxylation is 1. The highest BCUT2D eigenvalue weighted by molar-refractivity contribution is 5.15. The van der Waals surface area contributed by atoms with Crippen molar-refractivity contribution < 1.29 is 0 Å². The van der Waals surface area contributed by atoms with E-state index in [-0.39, 0.29) is 0 Å². The predicted octanol–water partition coefficient (Wildman–Crippen LogP) is 1.94. The Balaban J connectivity index is 1.93. The second-order valence-corrected chi connectivity index (χ2v) is 5.81. The Morgan fingerprint density at radius 1 is 1.42 bits per heavy atom. The molecule has 0 saturated carbocycles. The third-order valence-corrected chi connectivity index (χ3v) is 4.25. The summed E-state index contributed by atoms with van der Waals surface area (Å²) >= 11 is 0. The molecule has 0 atom stereocenters. The van der Waals surface area contributed by atoms with Gasteiger partial charge in [-0.25, -0.2) is 0 Å². The van der Waals surface area contributed by atoms with E-state index in [1.54, 1.807) is 0 Å². The maximum atomic E-state index is 4.36. The number of nitrogens with one attached hydrogen (secondary N) is 1. The number of aromatic nitrogens is 2. The van der Waals surface area contributed by atoms with Gasteiger partial charge in [0.25, 0.3) is 0 Å². The Bertz CT molecular complexity index is 379. The minimum atomic E-state index is 0.866. The number of nitrogens with zero attached hydrogens (tertiary/aromatic N) is 3. The van der Waals surface area contributed by atoms with E-state index in [1.807, 2.05) is 17.9 Å². The zero-order valence-electron chi connectivity index (χ0n) is 12.7. The van der Waals surface area contributed by atoms with Crippen LogP contribution in [0.3, 0.4) is 0 Å². The van der Waals surface area contributed by atoms with Gasteiger partial charge in [0.1, 0.15) is 0 Å². The molecule has 0 spiro atoms. The topological polar surface area (TPSA) is 33.1 Å². The quantitative estimate of drug-likeness (QED) is 0.852. The van der Waals surface area contributed by atoms with Crippen molar-refractivity contribution in [3.05, 3.63) is 17.5 Å². The van der Waals surface area contributed by atoms with Gasteiger partial charge in [-0.3, -0.25) is 9.58 Å². The predicted molar refractivity (Wildman–Crippen MR) is 79.1 cm³/mol. The molecule has 2 rings (SSSR count). The fraction of sp³-hybridized carbons (Fsp3) is 0.800. The number of rotatable bonds is 6. The highest BCUT2D eigenvalue weighted by Gasteiger charge is 2.17. The lowest BCUT2D eigenvalue weighted by Crippen LogP contribution is -2.36. The lowest BCUT2D eigenvalue weighted by Gasteiger charge is -2.29. The van der Waals surface area contributed by atoms with E-state index in [1.165, 1.54) is 56.7 Å². The normalized spacial score (nSPS) is 17.3. The highest BCUT2D eigenvalue weighted by atomic mass is 15.3. The Morgan fingerprint density at radius 3 is 2.74 bits per heavy atom. The maximum Gasteiger partial charge on any atom is 0.0537 e. The molecular formula is C15H28N4. The molecule has 1 aromatic heterocycles. The Morgan fingerprint density at radius 2 is 2.16 bits per heavy atom. The standard InChI is InChI=1S/C15H28N4/c1-4-9-19(11-14-5-7-16-8-6-14)12-15-10-17-18(3)13(15)2/h10,14,16H,4-9,11-12H2,1-3H3. The van der Waals surface area contributed by atoms with Crippen molar-refractivity contribution in [3.63, 3.8) is 0 Å². The first-order chi connectivity index (χ1) is 9.20. The molecule has 1 fully saturated rings. The molecule has 0 aliphatic carbocycles. The minimum absolute atomic E-state index is 0.866. The molecule has 1 N–H and O–H groups in total. The van der Waals surface area contributed by atoms with Gasteiger partial charge >= 0.3 is 0 Å². The van der Waals surface area contributed by atoms with Crippen LogP contribution in [0.2, 0.25) is 0 Å². The fourth-order valence-electron chi connectivity index (χ4n) is 2.92. The van der Waals surface area contributed by atoms with E-state index >= 15 is 0 Å². The van der Waals surface area contributed by atoms with E-state index in [4.69, 9.17) is 0 Å². The SMILES string of the molecule is CCCN(Cc1cnn(C)c1C)CC1CCNCC1. The Labute approximate surface area is 117 Å². The van der Waals surface area contributed by atoms with E-state index in [9.17, 15) is 0 Å². The second-order valence-electron chi connectivity index (χ2n) is 5.81. The average molecular weight is 264 g/mol. The molecule has 108 valence electrons. The van der Waals surface area contributed by atoms with Crippen LogP contribution in [-0.4, -0.2) is 40.9 Å². The lowest BCUT2D eigenvalue weighted by atomic mass is 9.97. The van der Waals surface area contributed by atoms with Crippen LogP contribution >= 0.6 is 0 Å². The third-order valence-electron chi connectivity index (χ3n) is 4.25. The molecule has 19 heavy (non-hydrogen) atoms. The van der Waals surface area contributed by atoms with Gasteiger partial charge in [0.2, 0.25) is 0 Å². The summed E-state index contributed by atoms with van der Waals surface area (Å²) in [5, 5.41) is 7.81. The van der Waals surface area contributed by atoms with Crippen molar-refractivity contribution >= 4 is 0 Å². The van der Waals surface area contributed by atoms with Gasteiger partial charge in [0, 0.05) is 31.4 Å². The Kier molecular flexibility index (Phi) is 5.40. The second kappa shape index (κ2) is 7.06. The van der Waals surface area contributed by atoms with Crippen LogP contribution in [0.5, 0.6) is 0 Å². The largest absolute Gasteiger partial charge is 0.317 e. The number of piperidine rings is 1. The highest BCUT2D eigenvalue weighted by Crippen LogP contribution is 2.16. The zero-order chi connectivity index (χ0) is 13.7. The van der Waals surface area contributed by atoms with Gasteiger partial charge in [-0.1, -0.05) is 6.92 Å². The van der Waals surface area contributed by atoms with Crippen molar-refractivity contribution in [3.8, 4) is 0 Å². The summed E-state index contributed by atoms with van der Waals surface area (Å²) in [6.07, 6.45) is 5.91. The van der Waals surface area contributed by atoms with E-state index in [2.05, 4.69) is 29.2 Å². The number of hydrogen-bond acceptors (Lipinski definition) is 3. The van der Waals surface area contributed by atoms with Gasteiger partial charge in [-0.05, 0) is 51.7 Å². The molecule has 1 aliphatic heterocycles. The molecule has 1 saturated heterocycles. The molecule has 0 unspecified atom stereocenters. The first-order valence-electron chi connectivity index (χ1n) is 7.61. The van der Waals surface area contributed by atoms with Crippen molar-refractivity contribution in [2.45, 2.75) is 39.7 Å². The fourth-order valence-corrected chi connectivity index (χ4v) is 2.92. The lowest BCUT2D eigenvalue weighted by molar-refractivity contribution is 0.198. The van der Waals surface area contributed by atoms with Crippen LogP contribution in [0.1, 0.15) is 37.4 Å². The average Bonchev–Trinajstić information content (AvgIpc) is 2.72.